The van der Waals surface area contributed by atoms with Gasteiger partial charge in [-0.25, -0.2) is 0 Å². The molecule has 0 fully saturated rings. The molecule has 1 heteroatoms. The summed E-state index contributed by atoms with van der Waals surface area (Å²) in [5.41, 5.74) is -0.00521. The summed E-state index contributed by atoms with van der Waals surface area (Å²) in [7, 11) is 0. The van der Waals surface area contributed by atoms with Gasteiger partial charge in [-0.15, -0.1) is 0 Å². The third-order valence-electron chi connectivity index (χ3n) is 1.27. The first-order valence-corrected chi connectivity index (χ1v) is 4.65. The summed E-state index contributed by atoms with van der Waals surface area (Å²) in [6.07, 6.45) is 4.71. The van der Waals surface area contributed by atoms with Gasteiger partial charge < -0.3 is 0 Å². The van der Waals surface area contributed by atoms with Crippen molar-refractivity contribution in [2.75, 3.05) is 0 Å². The normalized spacial score (nSPS) is 11.1. The minimum absolute atomic E-state index is 0.00521. The highest BCUT2D eigenvalue weighted by Crippen LogP contribution is 2.09. The standard InChI is InChI=1S/C12H18O/c1-5-6-8-11(13)9-7-10-12(2,3)4/h6,8H,5,9H2,1-4H3/b8-6+. The lowest BCUT2D eigenvalue weighted by atomic mass is 9.98. The molecule has 0 amide bonds. The average Bonchev–Trinajstić information content (AvgIpc) is 1.98. The van der Waals surface area contributed by atoms with Gasteiger partial charge in [0.05, 0.1) is 6.42 Å². The van der Waals surface area contributed by atoms with Crippen LogP contribution in [0.3, 0.4) is 0 Å². The lowest BCUT2D eigenvalue weighted by molar-refractivity contribution is -0.113. The van der Waals surface area contributed by atoms with Crippen molar-refractivity contribution < 1.29 is 4.79 Å². The quantitative estimate of drug-likeness (QED) is 0.479. The van der Waals surface area contributed by atoms with Crippen LogP contribution in [0.2, 0.25) is 0 Å². The molecule has 0 aliphatic rings. The zero-order valence-corrected chi connectivity index (χ0v) is 8.98. The van der Waals surface area contributed by atoms with Gasteiger partial charge in [-0.3, -0.25) is 4.79 Å². The van der Waals surface area contributed by atoms with Crippen LogP contribution in [0.15, 0.2) is 12.2 Å². The number of hydrogen-bond donors (Lipinski definition) is 0. The molecule has 0 unspecified atom stereocenters. The first-order valence-electron chi connectivity index (χ1n) is 4.65. The largest absolute Gasteiger partial charge is 0.294 e. The van der Waals surface area contributed by atoms with Crippen LogP contribution in [0.25, 0.3) is 0 Å². The van der Waals surface area contributed by atoms with E-state index in [9.17, 15) is 4.79 Å². The summed E-state index contributed by atoms with van der Waals surface area (Å²) in [5.74, 6) is 6.00. The van der Waals surface area contributed by atoms with Crippen molar-refractivity contribution in [1.82, 2.24) is 0 Å². The fourth-order valence-corrected chi connectivity index (χ4v) is 0.705. The van der Waals surface area contributed by atoms with Crippen LogP contribution in [0, 0.1) is 17.3 Å². The molecular formula is C12H18O. The second-order valence-corrected chi connectivity index (χ2v) is 4.01. The Labute approximate surface area is 81.2 Å². The Morgan fingerprint density at radius 1 is 1.38 bits per heavy atom. The summed E-state index contributed by atoms with van der Waals surface area (Å²) in [5, 5.41) is 0. The lowest BCUT2D eigenvalue weighted by Crippen LogP contribution is -2.00. The van der Waals surface area contributed by atoms with Crippen molar-refractivity contribution >= 4 is 5.78 Å². The molecule has 0 aromatic carbocycles. The van der Waals surface area contributed by atoms with Gasteiger partial charge in [0.1, 0.15) is 0 Å². The van der Waals surface area contributed by atoms with E-state index in [1.807, 2.05) is 33.8 Å². The van der Waals surface area contributed by atoms with Gasteiger partial charge >= 0.3 is 0 Å². The van der Waals surface area contributed by atoms with Gasteiger partial charge in [-0.05, 0) is 33.3 Å². The molecular weight excluding hydrogens is 160 g/mol. The molecule has 0 N–H and O–H groups in total. The van der Waals surface area contributed by atoms with Gasteiger partial charge in [0.2, 0.25) is 0 Å². The summed E-state index contributed by atoms with van der Waals surface area (Å²) >= 11 is 0. The zero-order chi connectivity index (χ0) is 10.3. The molecule has 0 aliphatic heterocycles. The average molecular weight is 178 g/mol. The minimum Gasteiger partial charge on any atom is -0.294 e. The molecule has 0 rings (SSSR count). The van der Waals surface area contributed by atoms with Crippen LogP contribution >= 0.6 is 0 Å². The van der Waals surface area contributed by atoms with Crippen LogP contribution in [0.1, 0.15) is 40.5 Å². The van der Waals surface area contributed by atoms with E-state index < -0.39 is 0 Å². The fourth-order valence-electron chi connectivity index (χ4n) is 0.705. The van der Waals surface area contributed by atoms with Crippen LogP contribution in [0.5, 0.6) is 0 Å². The molecule has 0 saturated heterocycles. The summed E-state index contributed by atoms with van der Waals surface area (Å²) in [6.45, 7) is 8.11. The first-order chi connectivity index (χ1) is 5.95. The Hall–Kier alpha value is -1.03. The van der Waals surface area contributed by atoms with Gasteiger partial charge in [0.15, 0.2) is 5.78 Å². The predicted molar refractivity (Wildman–Crippen MR) is 56.3 cm³/mol. The smallest absolute Gasteiger partial charge is 0.167 e. The van der Waals surface area contributed by atoms with Crippen molar-refractivity contribution in [3.8, 4) is 11.8 Å². The molecule has 0 aromatic rings. The molecule has 0 atom stereocenters. The predicted octanol–water partition coefficient (Wildman–Crippen LogP) is 2.96. The Morgan fingerprint density at radius 3 is 2.46 bits per heavy atom. The third-order valence-corrected chi connectivity index (χ3v) is 1.27. The van der Waals surface area contributed by atoms with Crippen molar-refractivity contribution in [2.45, 2.75) is 40.5 Å². The Kier molecular flexibility index (Phi) is 5.14. The number of rotatable bonds is 3. The molecule has 0 aliphatic carbocycles. The first kappa shape index (κ1) is 12.0. The highest BCUT2D eigenvalue weighted by molar-refractivity contribution is 5.91. The molecule has 72 valence electrons. The molecule has 0 spiro atoms. The highest BCUT2D eigenvalue weighted by Gasteiger charge is 2.03. The third kappa shape index (κ3) is 8.88. The van der Waals surface area contributed by atoms with Crippen molar-refractivity contribution in [3.05, 3.63) is 12.2 Å². The van der Waals surface area contributed by atoms with Crippen LogP contribution in [-0.4, -0.2) is 5.78 Å². The van der Waals surface area contributed by atoms with E-state index in [0.717, 1.165) is 6.42 Å². The molecule has 0 aromatic heterocycles. The zero-order valence-electron chi connectivity index (χ0n) is 8.98. The van der Waals surface area contributed by atoms with Crippen molar-refractivity contribution in [1.29, 1.82) is 0 Å². The molecule has 0 heterocycles. The number of carbonyl (C=O) groups excluding carboxylic acids is 1. The monoisotopic (exact) mass is 178 g/mol. The van der Waals surface area contributed by atoms with Gasteiger partial charge in [0, 0.05) is 5.41 Å². The van der Waals surface area contributed by atoms with E-state index in [4.69, 9.17) is 0 Å². The van der Waals surface area contributed by atoms with E-state index in [1.165, 1.54) is 0 Å². The molecule has 0 saturated carbocycles. The van der Waals surface area contributed by atoms with Crippen molar-refractivity contribution in [3.63, 3.8) is 0 Å². The fraction of sp³-hybridized carbons (Fsp3) is 0.583. The van der Waals surface area contributed by atoms with Crippen molar-refractivity contribution in [2.24, 2.45) is 5.41 Å². The van der Waals surface area contributed by atoms with E-state index in [0.29, 0.717) is 6.42 Å². The topological polar surface area (TPSA) is 17.1 Å². The second kappa shape index (κ2) is 5.59. The lowest BCUT2D eigenvalue weighted by Gasteiger charge is -2.06. The number of hydrogen-bond acceptors (Lipinski definition) is 1. The van der Waals surface area contributed by atoms with Gasteiger partial charge in [0.25, 0.3) is 0 Å². The van der Waals surface area contributed by atoms with Crippen LogP contribution in [-0.2, 0) is 4.79 Å². The van der Waals surface area contributed by atoms with Crippen LogP contribution in [0.4, 0.5) is 0 Å². The van der Waals surface area contributed by atoms with Crippen LogP contribution < -0.4 is 0 Å². The number of ketones is 1. The van der Waals surface area contributed by atoms with E-state index in [-0.39, 0.29) is 11.2 Å². The maximum Gasteiger partial charge on any atom is 0.167 e. The Bertz CT molecular complexity index is 243. The number of allylic oxidation sites excluding steroid dienone is 2. The van der Waals surface area contributed by atoms with Gasteiger partial charge in [-0.1, -0.05) is 24.8 Å². The molecule has 13 heavy (non-hydrogen) atoms. The number of carbonyl (C=O) groups is 1. The van der Waals surface area contributed by atoms with Gasteiger partial charge in [-0.2, -0.15) is 0 Å². The second-order valence-electron chi connectivity index (χ2n) is 4.01. The van der Waals surface area contributed by atoms with E-state index in [1.54, 1.807) is 6.08 Å². The summed E-state index contributed by atoms with van der Waals surface area (Å²) in [6, 6.07) is 0. The maximum atomic E-state index is 11.1. The summed E-state index contributed by atoms with van der Waals surface area (Å²) < 4.78 is 0. The Morgan fingerprint density at radius 2 is 2.00 bits per heavy atom. The van der Waals surface area contributed by atoms with E-state index in [2.05, 4.69) is 11.8 Å². The Balaban J connectivity index is 3.94. The SMILES string of the molecule is CC/C=C/C(=O)CC#CC(C)(C)C. The molecule has 0 radical (unpaired) electrons. The minimum atomic E-state index is -0.00521. The molecule has 0 bridgehead atoms. The molecule has 1 nitrogen and oxygen atoms in total. The van der Waals surface area contributed by atoms with E-state index >= 15 is 0 Å². The summed E-state index contributed by atoms with van der Waals surface area (Å²) in [4.78, 5) is 11.1. The maximum absolute atomic E-state index is 11.1. The highest BCUT2D eigenvalue weighted by atomic mass is 16.1.